The molecule has 0 radical (unpaired) electrons. The normalized spacial score (nSPS) is 17.1. The monoisotopic (exact) mass is 275 g/mol. The van der Waals surface area contributed by atoms with Crippen LogP contribution in [0.2, 0.25) is 0 Å². The van der Waals surface area contributed by atoms with Crippen molar-refractivity contribution < 1.29 is 4.79 Å². The fourth-order valence-electron chi connectivity index (χ4n) is 2.90. The minimum Gasteiger partial charge on any atom is -0.299 e. The number of benzene rings is 1. The van der Waals surface area contributed by atoms with E-state index in [4.69, 9.17) is 5.84 Å². The van der Waals surface area contributed by atoms with E-state index in [-0.39, 0.29) is 5.91 Å². The Bertz CT molecular complexity index is 439. The Morgan fingerprint density at radius 3 is 2.55 bits per heavy atom. The third kappa shape index (κ3) is 4.05. The Kier molecular flexibility index (Phi) is 5.56. The van der Waals surface area contributed by atoms with Crippen molar-refractivity contribution in [3.63, 3.8) is 0 Å². The molecule has 4 heteroatoms. The van der Waals surface area contributed by atoms with Gasteiger partial charge in [-0.1, -0.05) is 37.6 Å². The summed E-state index contributed by atoms with van der Waals surface area (Å²) in [7, 11) is 0. The second-order valence-corrected chi connectivity index (χ2v) is 5.64. The quantitative estimate of drug-likeness (QED) is 0.490. The van der Waals surface area contributed by atoms with Crippen LogP contribution in [-0.2, 0) is 17.8 Å². The van der Waals surface area contributed by atoms with E-state index in [1.165, 1.54) is 24.8 Å². The van der Waals surface area contributed by atoms with Gasteiger partial charge in [0.15, 0.2) is 0 Å². The standard InChI is InChI=1S/C16H25N3O/c1-2-13-7-9-19(10-8-13)12-15-6-4-3-5-14(15)11-16(20)18-17/h3-6,13H,2,7-12,17H2,1H3,(H,18,20). The summed E-state index contributed by atoms with van der Waals surface area (Å²) in [5.74, 6) is 5.93. The first-order valence-corrected chi connectivity index (χ1v) is 7.51. The van der Waals surface area contributed by atoms with E-state index < -0.39 is 0 Å². The van der Waals surface area contributed by atoms with Crippen LogP contribution in [0.4, 0.5) is 0 Å². The summed E-state index contributed by atoms with van der Waals surface area (Å²) in [5, 5.41) is 0. The van der Waals surface area contributed by atoms with Crippen molar-refractivity contribution in [1.29, 1.82) is 0 Å². The summed E-state index contributed by atoms with van der Waals surface area (Å²) < 4.78 is 0. The van der Waals surface area contributed by atoms with Gasteiger partial charge in [0.2, 0.25) is 5.91 Å². The smallest absolute Gasteiger partial charge is 0.238 e. The number of hydrogen-bond acceptors (Lipinski definition) is 3. The van der Waals surface area contributed by atoms with E-state index in [1.54, 1.807) is 0 Å². The number of nitrogens with one attached hydrogen (secondary N) is 1. The van der Waals surface area contributed by atoms with Crippen LogP contribution >= 0.6 is 0 Å². The Balaban J connectivity index is 1.97. The Morgan fingerprint density at radius 2 is 1.95 bits per heavy atom. The summed E-state index contributed by atoms with van der Waals surface area (Å²) in [5.41, 5.74) is 4.52. The van der Waals surface area contributed by atoms with Gasteiger partial charge in [0.1, 0.15) is 0 Å². The molecule has 1 aromatic rings. The van der Waals surface area contributed by atoms with Crippen LogP contribution in [0.1, 0.15) is 37.3 Å². The SMILES string of the molecule is CCC1CCN(Cc2ccccc2CC(=O)NN)CC1. The average Bonchev–Trinajstić information content (AvgIpc) is 2.50. The zero-order valence-electron chi connectivity index (χ0n) is 12.3. The van der Waals surface area contributed by atoms with E-state index in [0.717, 1.165) is 31.1 Å². The highest BCUT2D eigenvalue weighted by Gasteiger charge is 2.18. The number of amides is 1. The molecular weight excluding hydrogens is 250 g/mol. The number of piperidine rings is 1. The van der Waals surface area contributed by atoms with Crippen LogP contribution in [0.25, 0.3) is 0 Å². The average molecular weight is 275 g/mol. The van der Waals surface area contributed by atoms with Gasteiger partial charge in [-0.25, -0.2) is 5.84 Å². The molecule has 2 rings (SSSR count). The number of nitrogens with two attached hydrogens (primary N) is 1. The first-order valence-electron chi connectivity index (χ1n) is 7.51. The molecule has 4 nitrogen and oxygen atoms in total. The third-order valence-electron chi connectivity index (χ3n) is 4.31. The number of hydrogen-bond donors (Lipinski definition) is 2. The van der Waals surface area contributed by atoms with Gasteiger partial charge in [-0.2, -0.15) is 0 Å². The van der Waals surface area contributed by atoms with Crippen LogP contribution in [0.5, 0.6) is 0 Å². The molecule has 0 bridgehead atoms. The second-order valence-electron chi connectivity index (χ2n) is 5.64. The van der Waals surface area contributed by atoms with Crippen LogP contribution in [-0.4, -0.2) is 23.9 Å². The largest absolute Gasteiger partial charge is 0.299 e. The van der Waals surface area contributed by atoms with Crippen molar-refractivity contribution in [3.8, 4) is 0 Å². The summed E-state index contributed by atoms with van der Waals surface area (Å²) in [6, 6.07) is 8.15. The molecule has 0 saturated carbocycles. The van der Waals surface area contributed by atoms with Crippen LogP contribution in [0, 0.1) is 5.92 Å². The fourth-order valence-corrected chi connectivity index (χ4v) is 2.90. The molecular formula is C16H25N3O. The van der Waals surface area contributed by atoms with Crippen molar-refractivity contribution >= 4 is 5.91 Å². The van der Waals surface area contributed by atoms with Crippen LogP contribution < -0.4 is 11.3 Å². The van der Waals surface area contributed by atoms with E-state index in [1.807, 2.05) is 18.2 Å². The minimum absolute atomic E-state index is 0.137. The summed E-state index contributed by atoms with van der Waals surface area (Å²) >= 11 is 0. The predicted molar refractivity (Wildman–Crippen MR) is 80.8 cm³/mol. The molecule has 0 aliphatic carbocycles. The lowest BCUT2D eigenvalue weighted by atomic mass is 9.94. The highest BCUT2D eigenvalue weighted by atomic mass is 16.2. The Hall–Kier alpha value is -1.39. The maximum absolute atomic E-state index is 11.5. The zero-order valence-corrected chi connectivity index (χ0v) is 12.3. The lowest BCUT2D eigenvalue weighted by molar-refractivity contribution is -0.120. The third-order valence-corrected chi connectivity index (χ3v) is 4.31. The second kappa shape index (κ2) is 7.41. The van der Waals surface area contributed by atoms with E-state index in [2.05, 4.69) is 23.3 Å². The van der Waals surface area contributed by atoms with Crippen LogP contribution in [0.15, 0.2) is 24.3 Å². The zero-order chi connectivity index (χ0) is 14.4. The topological polar surface area (TPSA) is 58.4 Å². The molecule has 1 aromatic carbocycles. The highest BCUT2D eigenvalue weighted by Crippen LogP contribution is 2.22. The van der Waals surface area contributed by atoms with E-state index >= 15 is 0 Å². The molecule has 0 spiro atoms. The highest BCUT2D eigenvalue weighted by molar-refractivity contribution is 5.78. The Morgan fingerprint density at radius 1 is 1.30 bits per heavy atom. The molecule has 0 atom stereocenters. The van der Waals surface area contributed by atoms with Crippen molar-refractivity contribution in [3.05, 3.63) is 35.4 Å². The van der Waals surface area contributed by atoms with Gasteiger partial charge < -0.3 is 0 Å². The number of likely N-dealkylation sites (tertiary alicyclic amines) is 1. The van der Waals surface area contributed by atoms with E-state index in [0.29, 0.717) is 6.42 Å². The summed E-state index contributed by atoms with van der Waals surface area (Å²) in [6.45, 7) is 5.54. The molecule has 1 fully saturated rings. The van der Waals surface area contributed by atoms with Gasteiger partial charge in [-0.15, -0.1) is 0 Å². The minimum atomic E-state index is -0.137. The van der Waals surface area contributed by atoms with Crippen molar-refractivity contribution in [2.24, 2.45) is 11.8 Å². The number of hydrazine groups is 1. The maximum atomic E-state index is 11.5. The van der Waals surface area contributed by atoms with Crippen molar-refractivity contribution in [2.45, 2.75) is 39.2 Å². The van der Waals surface area contributed by atoms with Gasteiger partial charge in [0.05, 0.1) is 6.42 Å². The lowest BCUT2D eigenvalue weighted by Crippen LogP contribution is -2.34. The summed E-state index contributed by atoms with van der Waals surface area (Å²) in [4.78, 5) is 13.9. The van der Waals surface area contributed by atoms with Crippen molar-refractivity contribution in [1.82, 2.24) is 10.3 Å². The van der Waals surface area contributed by atoms with Gasteiger partial charge in [-0.05, 0) is 43.0 Å². The molecule has 3 N–H and O–H groups in total. The van der Waals surface area contributed by atoms with Gasteiger partial charge >= 0.3 is 0 Å². The molecule has 110 valence electrons. The predicted octanol–water partition coefficient (Wildman–Crippen LogP) is 1.84. The fraction of sp³-hybridized carbons (Fsp3) is 0.562. The lowest BCUT2D eigenvalue weighted by Gasteiger charge is -2.31. The number of nitrogens with zero attached hydrogens (tertiary/aromatic N) is 1. The van der Waals surface area contributed by atoms with E-state index in [9.17, 15) is 4.79 Å². The molecule has 1 amide bonds. The molecule has 1 heterocycles. The van der Waals surface area contributed by atoms with Gasteiger partial charge in [0, 0.05) is 6.54 Å². The number of carbonyl (C=O) groups is 1. The first-order chi connectivity index (χ1) is 9.72. The van der Waals surface area contributed by atoms with Gasteiger partial charge in [0.25, 0.3) is 0 Å². The Labute approximate surface area is 121 Å². The maximum Gasteiger partial charge on any atom is 0.238 e. The molecule has 20 heavy (non-hydrogen) atoms. The first kappa shape index (κ1) is 15.0. The van der Waals surface area contributed by atoms with Gasteiger partial charge in [-0.3, -0.25) is 15.1 Å². The van der Waals surface area contributed by atoms with Crippen LogP contribution in [0.3, 0.4) is 0 Å². The molecule has 1 aliphatic heterocycles. The summed E-state index contributed by atoms with van der Waals surface area (Å²) in [6.07, 6.45) is 4.24. The molecule has 0 aromatic heterocycles. The molecule has 0 unspecified atom stereocenters. The molecule has 1 aliphatic rings. The number of rotatable bonds is 5. The molecule has 1 saturated heterocycles. The number of carbonyl (C=O) groups excluding carboxylic acids is 1. The van der Waals surface area contributed by atoms with Crippen molar-refractivity contribution in [2.75, 3.05) is 13.1 Å².